The zero-order valence-electron chi connectivity index (χ0n) is 17.6. The highest BCUT2D eigenvalue weighted by Gasteiger charge is 2.20. The van der Waals surface area contributed by atoms with E-state index in [4.69, 9.17) is 10.9 Å². The molecule has 9 heteroatoms. The summed E-state index contributed by atoms with van der Waals surface area (Å²) in [7, 11) is -0.584. The quantitative estimate of drug-likeness (QED) is 0.609. The Morgan fingerprint density at radius 1 is 1.19 bits per heavy atom. The molecule has 164 valence electrons. The van der Waals surface area contributed by atoms with Crippen LogP contribution in [0.1, 0.15) is 16.1 Å². The molecule has 0 radical (unpaired) electrons. The van der Waals surface area contributed by atoms with Gasteiger partial charge in [0.1, 0.15) is 5.83 Å². The Kier molecular flexibility index (Phi) is 6.30. The molecule has 0 aliphatic carbocycles. The first-order valence-corrected chi connectivity index (χ1v) is 11.1. The van der Waals surface area contributed by atoms with Gasteiger partial charge in [0.2, 0.25) is 10.0 Å². The average Bonchev–Trinajstić information content (AvgIpc) is 2.97. The lowest BCUT2D eigenvalue weighted by molar-refractivity contribution is 0.0827. The molecule has 3 aromatic rings. The molecule has 0 spiro atoms. The smallest absolute Gasteiger partial charge is 0.253 e. The van der Waals surface area contributed by atoms with E-state index in [0.29, 0.717) is 27.6 Å². The number of nitrogens with zero attached hydrogens (tertiary/aromatic N) is 2. The zero-order chi connectivity index (χ0) is 22.9. The Morgan fingerprint density at radius 3 is 2.52 bits per heavy atom. The van der Waals surface area contributed by atoms with Crippen LogP contribution in [-0.2, 0) is 16.6 Å². The van der Waals surface area contributed by atoms with Gasteiger partial charge in [0, 0.05) is 48.4 Å². The highest BCUT2D eigenvalue weighted by molar-refractivity contribution is 7.89. The van der Waals surface area contributed by atoms with Crippen LogP contribution in [0.5, 0.6) is 0 Å². The van der Waals surface area contributed by atoms with Crippen LogP contribution in [-0.4, -0.2) is 44.4 Å². The topological polar surface area (TPSA) is 111 Å². The molecule has 0 atom stereocenters. The summed E-state index contributed by atoms with van der Waals surface area (Å²) in [6.45, 7) is 1.87. The number of primary sulfonamides is 1. The summed E-state index contributed by atoms with van der Waals surface area (Å²) in [6.07, 6.45) is 1.30. The Bertz CT molecular complexity index is 1290. The molecule has 2 aromatic carbocycles. The van der Waals surface area contributed by atoms with E-state index in [0.717, 1.165) is 5.69 Å². The Labute approximate surface area is 180 Å². The fourth-order valence-electron chi connectivity index (χ4n) is 3.61. The van der Waals surface area contributed by atoms with E-state index in [-0.39, 0.29) is 29.7 Å². The summed E-state index contributed by atoms with van der Waals surface area (Å²) in [5.74, 6) is -0.563. The second kappa shape index (κ2) is 8.62. The third-order valence-corrected chi connectivity index (χ3v) is 5.99. The molecule has 0 bridgehead atoms. The number of fused-ring (bicyclic) bond motifs is 1. The molecule has 1 heterocycles. The van der Waals surface area contributed by atoms with E-state index in [2.05, 4.69) is 0 Å². The third kappa shape index (κ3) is 4.53. The SMILES string of the molecule is Cc1c(-c2cccc(S(N)(=O)=O)c2)c2cc(C(=O)N(C)C)ccc2n1CC(F)=CCN. The van der Waals surface area contributed by atoms with Crippen molar-refractivity contribution in [3.05, 3.63) is 65.6 Å². The number of aromatic nitrogens is 1. The van der Waals surface area contributed by atoms with Gasteiger partial charge in [-0.25, -0.2) is 17.9 Å². The molecule has 0 saturated heterocycles. The number of nitrogens with two attached hydrogens (primary N) is 2. The van der Waals surface area contributed by atoms with Crippen molar-refractivity contribution in [2.75, 3.05) is 20.6 Å². The summed E-state index contributed by atoms with van der Waals surface area (Å²) in [5.41, 5.74) is 8.64. The van der Waals surface area contributed by atoms with Crippen molar-refractivity contribution in [2.24, 2.45) is 10.9 Å². The van der Waals surface area contributed by atoms with Gasteiger partial charge in [-0.1, -0.05) is 12.1 Å². The minimum absolute atomic E-state index is 0.0277. The lowest BCUT2D eigenvalue weighted by atomic mass is 10.0. The minimum Gasteiger partial charge on any atom is -0.345 e. The summed E-state index contributed by atoms with van der Waals surface area (Å²) in [5, 5.41) is 6.01. The van der Waals surface area contributed by atoms with Crippen LogP contribution < -0.4 is 10.9 Å². The molecule has 0 unspecified atom stereocenters. The van der Waals surface area contributed by atoms with Gasteiger partial charge in [0.15, 0.2) is 0 Å². The van der Waals surface area contributed by atoms with Gasteiger partial charge in [-0.3, -0.25) is 4.79 Å². The Morgan fingerprint density at radius 2 is 1.90 bits per heavy atom. The molecule has 1 aromatic heterocycles. The van der Waals surface area contributed by atoms with Gasteiger partial charge < -0.3 is 15.2 Å². The minimum atomic E-state index is -3.90. The van der Waals surface area contributed by atoms with Crippen molar-refractivity contribution >= 4 is 26.8 Å². The fraction of sp³-hybridized carbons (Fsp3) is 0.227. The molecule has 0 fully saturated rings. The number of benzene rings is 2. The van der Waals surface area contributed by atoms with E-state index in [1.54, 1.807) is 49.0 Å². The van der Waals surface area contributed by atoms with E-state index in [1.165, 1.54) is 23.1 Å². The largest absolute Gasteiger partial charge is 0.345 e. The lowest BCUT2D eigenvalue weighted by Crippen LogP contribution is -2.21. The van der Waals surface area contributed by atoms with Crippen LogP contribution in [0.4, 0.5) is 4.39 Å². The predicted molar refractivity (Wildman–Crippen MR) is 120 cm³/mol. The average molecular weight is 445 g/mol. The molecule has 0 aliphatic heterocycles. The van der Waals surface area contributed by atoms with Crippen molar-refractivity contribution in [2.45, 2.75) is 18.4 Å². The van der Waals surface area contributed by atoms with Crippen molar-refractivity contribution < 1.29 is 17.6 Å². The van der Waals surface area contributed by atoms with Gasteiger partial charge in [-0.2, -0.15) is 0 Å². The number of sulfonamides is 1. The number of amides is 1. The maximum absolute atomic E-state index is 14.3. The van der Waals surface area contributed by atoms with Gasteiger partial charge in [-0.15, -0.1) is 0 Å². The number of halogens is 1. The molecule has 31 heavy (non-hydrogen) atoms. The number of allylic oxidation sites excluding steroid dienone is 1. The number of carbonyl (C=O) groups excluding carboxylic acids is 1. The van der Waals surface area contributed by atoms with Crippen LogP contribution >= 0.6 is 0 Å². The molecule has 1 amide bonds. The number of hydrogen-bond donors (Lipinski definition) is 2. The normalized spacial score (nSPS) is 12.4. The van der Waals surface area contributed by atoms with Crippen LogP contribution in [0, 0.1) is 6.92 Å². The van der Waals surface area contributed by atoms with E-state index < -0.39 is 10.0 Å². The highest BCUT2D eigenvalue weighted by Crippen LogP contribution is 2.36. The highest BCUT2D eigenvalue weighted by atomic mass is 32.2. The Balaban J connectivity index is 2.33. The molecular formula is C22H25FN4O3S. The first kappa shape index (κ1) is 22.7. The van der Waals surface area contributed by atoms with Crippen molar-refractivity contribution in [1.82, 2.24) is 9.47 Å². The molecule has 0 aliphatic rings. The number of carbonyl (C=O) groups is 1. The molecule has 4 N–H and O–H groups in total. The van der Waals surface area contributed by atoms with Gasteiger partial charge in [0.25, 0.3) is 5.91 Å². The van der Waals surface area contributed by atoms with Crippen molar-refractivity contribution in [3.63, 3.8) is 0 Å². The molecule has 7 nitrogen and oxygen atoms in total. The van der Waals surface area contributed by atoms with Gasteiger partial charge in [-0.05, 0) is 48.9 Å². The fourth-order valence-corrected chi connectivity index (χ4v) is 4.17. The maximum Gasteiger partial charge on any atom is 0.253 e. The van der Waals surface area contributed by atoms with Gasteiger partial charge in [0.05, 0.1) is 11.4 Å². The first-order chi connectivity index (χ1) is 14.5. The molecular weight excluding hydrogens is 419 g/mol. The molecule has 3 rings (SSSR count). The summed E-state index contributed by atoms with van der Waals surface area (Å²) in [4.78, 5) is 14.0. The van der Waals surface area contributed by atoms with Gasteiger partial charge >= 0.3 is 0 Å². The van der Waals surface area contributed by atoms with Crippen LogP contribution in [0.2, 0.25) is 0 Å². The second-order valence-electron chi connectivity index (χ2n) is 7.44. The summed E-state index contributed by atoms with van der Waals surface area (Å²) in [6, 6.07) is 11.4. The van der Waals surface area contributed by atoms with Crippen molar-refractivity contribution in [1.29, 1.82) is 0 Å². The summed E-state index contributed by atoms with van der Waals surface area (Å²) >= 11 is 0. The van der Waals surface area contributed by atoms with Crippen molar-refractivity contribution in [3.8, 4) is 11.1 Å². The first-order valence-electron chi connectivity index (χ1n) is 9.57. The van der Waals surface area contributed by atoms with Crippen LogP contribution in [0.3, 0.4) is 0 Å². The maximum atomic E-state index is 14.3. The zero-order valence-corrected chi connectivity index (χ0v) is 18.4. The van der Waals surface area contributed by atoms with E-state index >= 15 is 0 Å². The van der Waals surface area contributed by atoms with Crippen LogP contribution in [0.25, 0.3) is 22.0 Å². The second-order valence-corrected chi connectivity index (χ2v) is 9.00. The summed E-state index contributed by atoms with van der Waals surface area (Å²) < 4.78 is 39.8. The number of hydrogen-bond acceptors (Lipinski definition) is 4. The number of rotatable bonds is 6. The monoisotopic (exact) mass is 444 g/mol. The predicted octanol–water partition coefficient (Wildman–Crippen LogP) is 2.78. The van der Waals surface area contributed by atoms with E-state index in [9.17, 15) is 17.6 Å². The third-order valence-electron chi connectivity index (χ3n) is 5.08. The Hall–Kier alpha value is -3.01. The van der Waals surface area contributed by atoms with Crippen LogP contribution in [0.15, 0.2) is 59.3 Å². The molecule has 0 saturated carbocycles. The standard InChI is InChI=1S/C22H25FN4O3S/c1-14-21(15-5-4-6-18(11-15)31(25,29)30)19-12-16(22(28)26(2)3)7-8-20(19)27(14)13-17(23)9-10-24/h4-9,11-12H,10,13,24H2,1-3H3,(H2,25,29,30). The lowest BCUT2D eigenvalue weighted by Gasteiger charge is -2.11. The van der Waals surface area contributed by atoms with E-state index in [1.807, 2.05) is 6.92 Å².